The minimum atomic E-state index is -3.86. The van der Waals surface area contributed by atoms with E-state index in [2.05, 4.69) is 4.72 Å². The molecule has 3 N–H and O–H groups in total. The van der Waals surface area contributed by atoms with Crippen molar-refractivity contribution in [1.29, 1.82) is 0 Å². The fraction of sp³-hybridized carbons (Fsp3) is 0.364. The van der Waals surface area contributed by atoms with Gasteiger partial charge in [-0.15, -0.1) is 0 Å². The summed E-state index contributed by atoms with van der Waals surface area (Å²) >= 11 is 0. The Morgan fingerprint density at radius 2 is 1.94 bits per heavy atom. The van der Waals surface area contributed by atoms with E-state index in [0.717, 1.165) is 12.1 Å². The van der Waals surface area contributed by atoms with E-state index >= 15 is 0 Å². The Labute approximate surface area is 106 Å². The number of carbonyl (C=O) groups is 1. The molecule has 0 spiro atoms. The molecule has 6 nitrogen and oxygen atoms in total. The lowest BCUT2D eigenvalue weighted by molar-refractivity contribution is -0.121. The minimum Gasteiger partial charge on any atom is -0.311 e. The summed E-state index contributed by atoms with van der Waals surface area (Å²) in [7, 11) is -3.86. The highest BCUT2D eigenvalue weighted by Gasteiger charge is 2.31. The summed E-state index contributed by atoms with van der Waals surface area (Å²) in [6.07, 6.45) is 1.20. The third-order valence-electron chi connectivity index (χ3n) is 2.81. The second kappa shape index (κ2) is 5.05. The Balaban J connectivity index is 2.17. The number of hydrogen-bond acceptors (Lipinski definition) is 3. The van der Waals surface area contributed by atoms with Crippen LogP contribution in [-0.4, -0.2) is 26.9 Å². The predicted molar refractivity (Wildman–Crippen MR) is 68.1 cm³/mol. The molecule has 2 rings (SSSR count). The molecular formula is C11H15N3O3S. The standard InChI is InChI=1S/C11H15N3O3S/c12-18(16,17)13-10-7-4-8-14(11(10)15)9-5-2-1-3-6-9/h1-3,5-6,10,13H,4,7-8H2,(H2,12,16,17)/t10-/m0/s1. The van der Waals surface area contributed by atoms with E-state index in [-0.39, 0.29) is 5.91 Å². The largest absolute Gasteiger partial charge is 0.311 e. The smallest absolute Gasteiger partial charge is 0.275 e. The molecule has 18 heavy (non-hydrogen) atoms. The van der Waals surface area contributed by atoms with E-state index in [9.17, 15) is 13.2 Å². The van der Waals surface area contributed by atoms with Gasteiger partial charge in [0.15, 0.2) is 0 Å². The maximum absolute atomic E-state index is 12.1. The number of nitrogens with one attached hydrogen (secondary N) is 1. The monoisotopic (exact) mass is 269 g/mol. The summed E-state index contributed by atoms with van der Waals surface area (Å²) in [5.41, 5.74) is 0.767. The number of nitrogens with zero attached hydrogens (tertiary/aromatic N) is 1. The van der Waals surface area contributed by atoms with Crippen molar-refractivity contribution in [2.24, 2.45) is 5.14 Å². The van der Waals surface area contributed by atoms with Crippen LogP contribution >= 0.6 is 0 Å². The maximum atomic E-state index is 12.1. The van der Waals surface area contributed by atoms with Gasteiger partial charge < -0.3 is 4.90 Å². The Bertz CT molecular complexity index is 530. The molecule has 98 valence electrons. The van der Waals surface area contributed by atoms with Crippen molar-refractivity contribution >= 4 is 21.8 Å². The van der Waals surface area contributed by atoms with E-state index in [1.807, 2.05) is 30.3 Å². The molecule has 1 fully saturated rings. The third-order valence-corrected chi connectivity index (χ3v) is 3.43. The lowest BCUT2D eigenvalue weighted by Crippen LogP contribution is -2.53. The lowest BCUT2D eigenvalue weighted by Gasteiger charge is -2.32. The molecule has 7 heteroatoms. The van der Waals surface area contributed by atoms with Gasteiger partial charge >= 0.3 is 0 Å². The molecule has 0 aromatic heterocycles. The number of piperidine rings is 1. The van der Waals surface area contributed by atoms with Crippen LogP contribution in [0.1, 0.15) is 12.8 Å². The average Bonchev–Trinajstić information content (AvgIpc) is 2.31. The van der Waals surface area contributed by atoms with Crippen molar-refractivity contribution < 1.29 is 13.2 Å². The molecule has 1 heterocycles. The molecule has 1 aromatic rings. The molecule has 0 saturated carbocycles. The van der Waals surface area contributed by atoms with Crippen molar-refractivity contribution in [2.45, 2.75) is 18.9 Å². The quantitative estimate of drug-likeness (QED) is 0.807. The maximum Gasteiger partial charge on any atom is 0.275 e. The van der Waals surface area contributed by atoms with Crippen molar-refractivity contribution in [3.05, 3.63) is 30.3 Å². The van der Waals surface area contributed by atoms with Crippen molar-refractivity contribution in [3.8, 4) is 0 Å². The van der Waals surface area contributed by atoms with Crippen LogP contribution in [0.3, 0.4) is 0 Å². The number of anilines is 1. The Morgan fingerprint density at radius 1 is 1.28 bits per heavy atom. The fourth-order valence-corrected chi connectivity index (χ4v) is 2.66. The first-order valence-corrected chi connectivity index (χ1v) is 7.18. The second-order valence-corrected chi connectivity index (χ2v) is 5.51. The summed E-state index contributed by atoms with van der Waals surface area (Å²) in [4.78, 5) is 13.7. The Kier molecular flexibility index (Phi) is 3.65. The number of carbonyl (C=O) groups excluding carboxylic acids is 1. The normalized spacial score (nSPS) is 21.1. The summed E-state index contributed by atoms with van der Waals surface area (Å²) in [6, 6.07) is 8.39. The predicted octanol–water partition coefficient (Wildman–Crippen LogP) is -0.0249. The highest BCUT2D eigenvalue weighted by atomic mass is 32.2. The van der Waals surface area contributed by atoms with Gasteiger partial charge in [-0.2, -0.15) is 13.1 Å². The molecule has 1 amide bonds. The Morgan fingerprint density at radius 3 is 2.56 bits per heavy atom. The number of benzene rings is 1. The zero-order chi connectivity index (χ0) is 13.2. The SMILES string of the molecule is NS(=O)(=O)N[C@H]1CCCN(c2ccccc2)C1=O. The molecule has 0 aliphatic carbocycles. The van der Waals surface area contributed by atoms with Gasteiger partial charge in [-0.3, -0.25) is 4.79 Å². The highest BCUT2D eigenvalue weighted by Crippen LogP contribution is 2.20. The lowest BCUT2D eigenvalue weighted by atomic mass is 10.0. The van der Waals surface area contributed by atoms with Gasteiger partial charge in [-0.1, -0.05) is 18.2 Å². The van der Waals surface area contributed by atoms with Gasteiger partial charge in [0, 0.05) is 12.2 Å². The van der Waals surface area contributed by atoms with E-state index in [0.29, 0.717) is 13.0 Å². The number of rotatable bonds is 3. The number of amides is 1. The molecule has 1 aliphatic heterocycles. The van der Waals surface area contributed by atoms with Crippen molar-refractivity contribution in [3.63, 3.8) is 0 Å². The first kappa shape index (κ1) is 13.0. The summed E-state index contributed by atoms with van der Waals surface area (Å²) in [6.45, 7) is 0.589. The van der Waals surface area contributed by atoms with Crippen LogP contribution in [0.5, 0.6) is 0 Å². The van der Waals surface area contributed by atoms with Crippen LogP contribution in [0.4, 0.5) is 5.69 Å². The van der Waals surface area contributed by atoms with Crippen LogP contribution in [0.15, 0.2) is 30.3 Å². The average molecular weight is 269 g/mol. The van der Waals surface area contributed by atoms with E-state index in [1.165, 1.54) is 0 Å². The van der Waals surface area contributed by atoms with Crippen molar-refractivity contribution in [1.82, 2.24) is 4.72 Å². The van der Waals surface area contributed by atoms with E-state index in [1.54, 1.807) is 4.90 Å². The first-order valence-electron chi connectivity index (χ1n) is 5.64. The number of para-hydroxylation sites is 1. The summed E-state index contributed by atoms with van der Waals surface area (Å²) in [5, 5.41) is 4.90. The second-order valence-electron chi connectivity index (χ2n) is 4.18. The zero-order valence-corrected chi connectivity index (χ0v) is 10.6. The third kappa shape index (κ3) is 3.06. The fourth-order valence-electron chi connectivity index (χ4n) is 2.05. The van der Waals surface area contributed by atoms with Gasteiger partial charge in [-0.05, 0) is 25.0 Å². The van der Waals surface area contributed by atoms with E-state index in [4.69, 9.17) is 5.14 Å². The minimum absolute atomic E-state index is 0.263. The zero-order valence-electron chi connectivity index (χ0n) is 9.74. The molecule has 1 saturated heterocycles. The number of nitrogens with two attached hydrogens (primary N) is 1. The van der Waals surface area contributed by atoms with Crippen LogP contribution in [0.2, 0.25) is 0 Å². The summed E-state index contributed by atoms with van der Waals surface area (Å²) in [5.74, 6) is -0.263. The van der Waals surface area contributed by atoms with Gasteiger partial charge in [0.2, 0.25) is 5.91 Å². The van der Waals surface area contributed by atoms with Gasteiger partial charge in [0.25, 0.3) is 10.2 Å². The van der Waals surface area contributed by atoms with Crippen LogP contribution in [0, 0.1) is 0 Å². The molecule has 0 bridgehead atoms. The van der Waals surface area contributed by atoms with Crippen molar-refractivity contribution in [2.75, 3.05) is 11.4 Å². The van der Waals surface area contributed by atoms with E-state index < -0.39 is 16.3 Å². The summed E-state index contributed by atoms with van der Waals surface area (Å²) < 4.78 is 24.1. The van der Waals surface area contributed by atoms with Crippen LogP contribution in [0.25, 0.3) is 0 Å². The topological polar surface area (TPSA) is 92.5 Å². The highest BCUT2D eigenvalue weighted by molar-refractivity contribution is 7.87. The molecule has 1 atom stereocenters. The first-order chi connectivity index (χ1) is 8.47. The van der Waals surface area contributed by atoms with Gasteiger partial charge in [0.1, 0.15) is 6.04 Å². The molecular weight excluding hydrogens is 254 g/mol. The van der Waals surface area contributed by atoms with Gasteiger partial charge in [-0.25, -0.2) is 5.14 Å². The molecule has 0 radical (unpaired) electrons. The van der Waals surface area contributed by atoms with Crippen LogP contribution < -0.4 is 14.8 Å². The Hall–Kier alpha value is -1.44. The van der Waals surface area contributed by atoms with Crippen LogP contribution in [-0.2, 0) is 15.0 Å². The molecule has 1 aliphatic rings. The molecule has 0 unspecified atom stereocenters. The molecule has 1 aromatic carbocycles. The van der Waals surface area contributed by atoms with Gasteiger partial charge in [0.05, 0.1) is 0 Å². The number of hydrogen-bond donors (Lipinski definition) is 2.